The molecule has 0 saturated heterocycles. The monoisotopic (exact) mass is 244 g/mol. The molecule has 2 heterocycles. The van der Waals surface area contributed by atoms with Gasteiger partial charge in [0.2, 0.25) is 0 Å². The van der Waals surface area contributed by atoms with Crippen LogP contribution in [0.2, 0.25) is 0 Å². The third kappa shape index (κ3) is 3.03. The molecule has 0 fully saturated rings. The zero-order chi connectivity index (χ0) is 12.1. The first kappa shape index (κ1) is 11.6. The van der Waals surface area contributed by atoms with Crippen molar-refractivity contribution in [3.8, 4) is 0 Å². The summed E-state index contributed by atoms with van der Waals surface area (Å²) in [6, 6.07) is 0. The first-order chi connectivity index (χ1) is 8.27. The van der Waals surface area contributed by atoms with Gasteiger partial charge in [-0.3, -0.25) is 4.98 Å². The van der Waals surface area contributed by atoms with Crippen molar-refractivity contribution in [3.63, 3.8) is 0 Å². The number of ether oxygens (including phenoxy) is 1. The molecule has 0 radical (unpaired) electrons. The van der Waals surface area contributed by atoms with Crippen LogP contribution in [0, 0.1) is 0 Å². The molecule has 0 unspecified atom stereocenters. The van der Waals surface area contributed by atoms with Gasteiger partial charge >= 0.3 is 0 Å². The molecule has 0 aliphatic rings. The van der Waals surface area contributed by atoms with Crippen LogP contribution in [0.1, 0.15) is 0 Å². The van der Waals surface area contributed by atoms with E-state index in [2.05, 4.69) is 25.8 Å². The Hall–Kier alpha value is -1.90. The van der Waals surface area contributed by atoms with Crippen molar-refractivity contribution in [1.29, 1.82) is 0 Å². The van der Waals surface area contributed by atoms with Crippen molar-refractivity contribution in [2.75, 3.05) is 25.1 Å². The van der Waals surface area contributed by atoms with Gasteiger partial charge in [0.1, 0.15) is 12.4 Å². The number of halogens is 2. The molecule has 0 atom stereocenters. The number of hydrogen-bond acceptors (Lipinski definition) is 6. The van der Waals surface area contributed by atoms with Gasteiger partial charge in [0.05, 0.1) is 19.0 Å². The lowest BCUT2D eigenvalue weighted by molar-refractivity contribution is 0.0214. The summed E-state index contributed by atoms with van der Waals surface area (Å²) < 4.78 is 29.7. The van der Waals surface area contributed by atoms with Gasteiger partial charge in [-0.25, -0.2) is 8.78 Å². The van der Waals surface area contributed by atoms with Crippen molar-refractivity contribution >= 4 is 11.5 Å². The summed E-state index contributed by atoms with van der Waals surface area (Å²) in [7, 11) is 0. The largest absolute Gasteiger partial charge is 0.374 e. The van der Waals surface area contributed by atoms with E-state index in [0.29, 0.717) is 18.0 Å². The fourth-order valence-corrected chi connectivity index (χ4v) is 1.22. The van der Waals surface area contributed by atoms with Crippen LogP contribution in [0.5, 0.6) is 0 Å². The number of nitrogens with one attached hydrogen (secondary N) is 1. The molecule has 0 spiro atoms. The van der Waals surface area contributed by atoms with Crippen LogP contribution in [0.4, 0.5) is 14.6 Å². The summed E-state index contributed by atoms with van der Waals surface area (Å²) in [6.07, 6.45) is 0.606. The Balaban J connectivity index is 1.84. The predicted octanol–water partition coefficient (Wildman–Crippen LogP) is 0.213. The first-order valence-electron chi connectivity index (χ1n) is 4.89. The quantitative estimate of drug-likeness (QED) is 0.732. The van der Waals surface area contributed by atoms with E-state index in [0.717, 1.165) is 0 Å². The predicted molar refractivity (Wildman–Crippen MR) is 53.9 cm³/mol. The zero-order valence-electron chi connectivity index (χ0n) is 8.75. The molecule has 92 valence electrons. The van der Waals surface area contributed by atoms with Crippen molar-refractivity contribution in [2.45, 2.75) is 6.43 Å². The van der Waals surface area contributed by atoms with E-state index in [4.69, 9.17) is 4.74 Å². The minimum Gasteiger partial charge on any atom is -0.374 e. The Kier molecular flexibility index (Phi) is 3.70. The SMILES string of the molecule is FC(F)COCCNc1cncc2nnnn12. The molecule has 2 rings (SSSR count). The Morgan fingerprint density at radius 1 is 1.41 bits per heavy atom. The summed E-state index contributed by atoms with van der Waals surface area (Å²) in [5.74, 6) is 0.577. The van der Waals surface area contributed by atoms with E-state index >= 15 is 0 Å². The van der Waals surface area contributed by atoms with Crippen LogP contribution in [-0.4, -0.2) is 51.2 Å². The molecule has 0 bridgehead atoms. The lowest BCUT2D eigenvalue weighted by atomic mass is 10.6. The summed E-state index contributed by atoms with van der Waals surface area (Å²) in [6.45, 7) is -0.0226. The summed E-state index contributed by atoms with van der Waals surface area (Å²) in [5.41, 5.74) is 0.503. The van der Waals surface area contributed by atoms with E-state index in [-0.39, 0.29) is 6.61 Å². The maximum Gasteiger partial charge on any atom is 0.261 e. The van der Waals surface area contributed by atoms with Gasteiger partial charge < -0.3 is 10.1 Å². The number of alkyl halides is 2. The zero-order valence-corrected chi connectivity index (χ0v) is 8.75. The highest BCUT2D eigenvalue weighted by Gasteiger charge is 2.04. The summed E-state index contributed by atoms with van der Waals surface area (Å²) in [5, 5.41) is 13.9. The lowest BCUT2D eigenvalue weighted by Gasteiger charge is -2.07. The molecule has 0 aliphatic heterocycles. The number of tetrazole rings is 1. The molecule has 0 saturated carbocycles. The van der Waals surface area contributed by atoms with Crippen LogP contribution in [0.3, 0.4) is 0 Å². The highest BCUT2D eigenvalue weighted by molar-refractivity contribution is 5.43. The Morgan fingerprint density at radius 3 is 3.12 bits per heavy atom. The molecule has 0 aliphatic carbocycles. The van der Waals surface area contributed by atoms with E-state index in [1.54, 1.807) is 0 Å². The van der Waals surface area contributed by atoms with Crippen LogP contribution < -0.4 is 5.32 Å². The standard InChI is InChI=1S/C8H10F2N6O/c9-6(10)5-17-2-1-12-7-3-11-4-8-13-14-15-16(7)8/h3-4,6,12H,1-2,5H2. The first-order valence-corrected chi connectivity index (χ1v) is 4.89. The maximum atomic E-state index is 11.8. The number of aromatic nitrogens is 5. The highest BCUT2D eigenvalue weighted by atomic mass is 19.3. The smallest absolute Gasteiger partial charge is 0.261 e. The number of hydrogen-bond donors (Lipinski definition) is 1. The lowest BCUT2D eigenvalue weighted by Crippen LogP contribution is -2.15. The third-order valence-corrected chi connectivity index (χ3v) is 1.90. The summed E-state index contributed by atoms with van der Waals surface area (Å²) in [4.78, 5) is 3.93. The number of anilines is 1. The number of nitrogens with zero attached hydrogens (tertiary/aromatic N) is 5. The average molecular weight is 244 g/mol. The molecule has 17 heavy (non-hydrogen) atoms. The van der Waals surface area contributed by atoms with Gasteiger partial charge in [0.15, 0.2) is 5.65 Å². The van der Waals surface area contributed by atoms with Crippen molar-refractivity contribution in [2.24, 2.45) is 0 Å². The van der Waals surface area contributed by atoms with Crippen molar-refractivity contribution in [1.82, 2.24) is 25.0 Å². The van der Waals surface area contributed by atoms with Gasteiger partial charge in [0, 0.05) is 6.54 Å². The van der Waals surface area contributed by atoms with E-state index in [9.17, 15) is 8.78 Å². The van der Waals surface area contributed by atoms with Gasteiger partial charge in [-0.15, -0.1) is 5.10 Å². The molecule has 1 N–H and O–H groups in total. The minimum absolute atomic E-state index is 0.169. The van der Waals surface area contributed by atoms with Gasteiger partial charge in [0.25, 0.3) is 6.43 Å². The molecule has 2 aromatic heterocycles. The van der Waals surface area contributed by atoms with Crippen molar-refractivity contribution < 1.29 is 13.5 Å². The Bertz CT molecular complexity index is 476. The molecular formula is C8H10F2N6O. The van der Waals surface area contributed by atoms with Gasteiger partial charge in [-0.1, -0.05) is 0 Å². The van der Waals surface area contributed by atoms with E-state index in [1.165, 1.54) is 16.9 Å². The second-order valence-corrected chi connectivity index (χ2v) is 3.13. The normalized spacial score (nSPS) is 11.2. The van der Waals surface area contributed by atoms with Crippen LogP contribution in [0.25, 0.3) is 5.65 Å². The van der Waals surface area contributed by atoms with Crippen LogP contribution in [0.15, 0.2) is 12.4 Å². The Labute approximate surface area is 94.8 Å². The second kappa shape index (κ2) is 5.43. The molecule has 7 nitrogen and oxygen atoms in total. The molecule has 9 heteroatoms. The van der Waals surface area contributed by atoms with Crippen LogP contribution in [-0.2, 0) is 4.74 Å². The van der Waals surface area contributed by atoms with Crippen molar-refractivity contribution in [3.05, 3.63) is 12.4 Å². The Morgan fingerprint density at radius 2 is 2.29 bits per heavy atom. The third-order valence-electron chi connectivity index (χ3n) is 1.90. The molecule has 0 aromatic carbocycles. The molecule has 2 aromatic rings. The average Bonchev–Trinajstić information content (AvgIpc) is 2.77. The van der Waals surface area contributed by atoms with E-state index < -0.39 is 13.0 Å². The number of rotatable bonds is 6. The highest BCUT2D eigenvalue weighted by Crippen LogP contribution is 2.04. The second-order valence-electron chi connectivity index (χ2n) is 3.13. The molecular weight excluding hydrogens is 234 g/mol. The number of fused-ring (bicyclic) bond motifs is 1. The van der Waals surface area contributed by atoms with Gasteiger partial charge in [-0.05, 0) is 10.4 Å². The summed E-state index contributed by atoms with van der Waals surface area (Å²) >= 11 is 0. The van der Waals surface area contributed by atoms with E-state index in [1.807, 2.05) is 0 Å². The fourth-order valence-electron chi connectivity index (χ4n) is 1.22. The minimum atomic E-state index is -2.44. The van der Waals surface area contributed by atoms with Gasteiger partial charge in [-0.2, -0.15) is 4.52 Å². The molecule has 0 amide bonds. The topological polar surface area (TPSA) is 77.2 Å². The van der Waals surface area contributed by atoms with Crippen LogP contribution >= 0.6 is 0 Å². The fraction of sp³-hybridized carbons (Fsp3) is 0.500. The maximum absolute atomic E-state index is 11.8.